The van der Waals surface area contributed by atoms with E-state index < -0.39 is 0 Å². The van der Waals surface area contributed by atoms with Crippen LogP contribution in [-0.2, 0) is 4.74 Å². The molecule has 1 aromatic heterocycles. The van der Waals surface area contributed by atoms with E-state index in [1.165, 1.54) is 104 Å². The number of piperazine rings is 4. The fourth-order valence-electron chi connectivity index (χ4n) is 9.54. The van der Waals surface area contributed by atoms with E-state index in [1.54, 1.807) is 7.11 Å². The fourth-order valence-corrected chi connectivity index (χ4v) is 9.54. The molecule has 0 radical (unpaired) electrons. The highest BCUT2D eigenvalue weighted by molar-refractivity contribution is 5.38. The van der Waals surface area contributed by atoms with Gasteiger partial charge < -0.3 is 20.3 Å². The van der Waals surface area contributed by atoms with Gasteiger partial charge in [0.15, 0.2) is 0 Å². The Hall–Kier alpha value is -1.87. The van der Waals surface area contributed by atoms with Gasteiger partial charge in [0.05, 0.1) is 6.61 Å². The van der Waals surface area contributed by atoms with Gasteiger partial charge in [-0.3, -0.25) is 34.3 Å². The predicted octanol–water partition coefficient (Wildman–Crippen LogP) is 8.25. The largest absolute Gasteiger partial charge is 0.402 e. The predicted molar refractivity (Wildman–Crippen MR) is 296 cm³/mol. The Morgan fingerprint density at radius 1 is 0.603 bits per heavy atom. The molecule has 0 aromatic carbocycles. The number of nitrogens with two attached hydrogens (primary N) is 1. The van der Waals surface area contributed by atoms with Gasteiger partial charge in [-0.25, -0.2) is 4.98 Å². The number of anilines is 1. The molecule has 68 heavy (non-hydrogen) atoms. The van der Waals surface area contributed by atoms with Crippen molar-refractivity contribution in [1.82, 2.24) is 44.2 Å². The zero-order valence-electron chi connectivity index (χ0n) is 48.4. The molecule has 12 heteroatoms. The summed E-state index contributed by atoms with van der Waals surface area (Å²) in [7, 11) is 1.77. The molecule has 5 aliphatic rings. The number of pyridine rings is 1. The Morgan fingerprint density at radius 2 is 1.01 bits per heavy atom. The lowest BCUT2D eigenvalue weighted by Gasteiger charge is -2.43. The Kier molecular flexibility index (Phi) is 26.5. The number of likely N-dealkylation sites (tertiary alicyclic amines) is 1. The van der Waals surface area contributed by atoms with Gasteiger partial charge in [0.1, 0.15) is 5.82 Å². The highest BCUT2D eigenvalue weighted by Gasteiger charge is 2.30. The zero-order chi connectivity index (χ0) is 51.5. The van der Waals surface area contributed by atoms with E-state index in [2.05, 4.69) is 192 Å². The van der Waals surface area contributed by atoms with Gasteiger partial charge in [-0.15, -0.1) is 0 Å². The van der Waals surface area contributed by atoms with E-state index in [0.717, 1.165) is 57.4 Å². The van der Waals surface area contributed by atoms with Crippen molar-refractivity contribution in [2.75, 3.05) is 150 Å². The number of hydrogen-bond acceptors (Lipinski definition) is 12. The minimum absolute atomic E-state index is 0.272. The Labute approximate surface area is 422 Å². The first-order valence-electron chi connectivity index (χ1n) is 27.0. The average Bonchev–Trinajstić information content (AvgIpc) is 3.28. The van der Waals surface area contributed by atoms with E-state index in [9.17, 15) is 0 Å². The number of hydrogen-bond donors (Lipinski definition) is 1. The van der Waals surface area contributed by atoms with E-state index in [-0.39, 0.29) is 11.1 Å². The quantitative estimate of drug-likeness (QED) is 0.286. The van der Waals surface area contributed by atoms with Gasteiger partial charge >= 0.3 is 0 Å². The molecule has 1 aromatic rings. The molecule has 2 N–H and O–H groups in total. The smallest absolute Gasteiger partial charge is 0.128 e. The lowest BCUT2D eigenvalue weighted by atomic mass is 9.92. The monoisotopic (exact) mass is 956 g/mol. The van der Waals surface area contributed by atoms with E-state index in [0.29, 0.717) is 28.6 Å². The molecule has 12 nitrogen and oxygen atoms in total. The first kappa shape index (κ1) is 62.2. The zero-order valence-corrected chi connectivity index (χ0v) is 48.4. The summed E-state index contributed by atoms with van der Waals surface area (Å²) in [6.07, 6.45) is 4.32. The highest BCUT2D eigenvalue weighted by Crippen LogP contribution is 2.26. The topological polar surface area (TPSA) is 77.3 Å². The Bertz CT molecular complexity index is 1460. The summed E-state index contributed by atoms with van der Waals surface area (Å²) in [6, 6.07) is 6.82. The van der Waals surface area contributed by atoms with Gasteiger partial charge in [0, 0.05) is 176 Å². The maximum Gasteiger partial charge on any atom is 0.128 e. The summed E-state index contributed by atoms with van der Waals surface area (Å²) in [5.41, 5.74) is 8.20. The SMILES string of the molecule is C=C(N)C1CCCN(C(C)(C)C)C1.CC(C)(C)N1CCN(c2ccccn2)CC1.CC(C)N1CCN(C(C)(C)C)CC1.CCN1CCN(C(C)(C)C)CC1.COCCN1CCN(C(C)(C)C)CC1. The standard InChI is InChI=1S/C13H21N3.C11H24N2O.C11H24N2.C11H22N2.C10H22N2/c1-13(2,3)16-10-8-15(9-11-16)12-6-4-5-7-14-12;1-11(2,3)13-7-5-12(6-8-13)9-10-14-4;1-10(2)12-6-8-13(9-7-12)11(3,4)5;1-9(12)10-6-5-7-13(8-10)11(2,3)4;1-5-11-6-8-12(9-7-11)10(2,3)4/h4-7H,8-11H2,1-3H3;5-10H2,1-4H3;10H,6-9H2,1-5H3;10H,1,5-8,12H2,2-4H3;5-9H2,1-4H3. The summed E-state index contributed by atoms with van der Waals surface area (Å²) >= 11 is 0. The molecule has 0 saturated carbocycles. The second-order valence-corrected chi connectivity index (χ2v) is 25.2. The van der Waals surface area contributed by atoms with Crippen LogP contribution in [-0.4, -0.2) is 223 Å². The van der Waals surface area contributed by atoms with Crippen molar-refractivity contribution in [3.05, 3.63) is 36.7 Å². The van der Waals surface area contributed by atoms with Crippen molar-refractivity contribution in [3.63, 3.8) is 0 Å². The van der Waals surface area contributed by atoms with E-state index >= 15 is 0 Å². The van der Waals surface area contributed by atoms with Crippen LogP contribution in [0.3, 0.4) is 0 Å². The molecule has 5 aliphatic heterocycles. The first-order valence-corrected chi connectivity index (χ1v) is 27.0. The van der Waals surface area contributed by atoms with Gasteiger partial charge in [-0.1, -0.05) is 19.6 Å². The number of likely N-dealkylation sites (N-methyl/N-ethyl adjacent to an activating group) is 1. The van der Waals surface area contributed by atoms with Crippen LogP contribution in [0.25, 0.3) is 0 Å². The molecule has 0 spiro atoms. The van der Waals surface area contributed by atoms with Crippen LogP contribution in [0.15, 0.2) is 36.7 Å². The number of ether oxygens (including phenoxy) is 1. The van der Waals surface area contributed by atoms with Gasteiger partial charge in [-0.2, -0.15) is 0 Å². The second-order valence-electron chi connectivity index (χ2n) is 25.2. The van der Waals surface area contributed by atoms with E-state index in [1.807, 2.05) is 12.3 Å². The van der Waals surface area contributed by atoms with Crippen LogP contribution in [0, 0.1) is 5.92 Å². The molecule has 1 unspecified atom stereocenters. The number of methoxy groups -OCH3 is 1. The summed E-state index contributed by atoms with van der Waals surface area (Å²) < 4.78 is 5.08. The fraction of sp³-hybridized carbons (Fsp3) is 0.875. The van der Waals surface area contributed by atoms with Crippen molar-refractivity contribution in [2.24, 2.45) is 11.7 Å². The Morgan fingerprint density at radius 3 is 1.37 bits per heavy atom. The number of piperidine rings is 1. The molecule has 398 valence electrons. The lowest BCUT2D eigenvalue weighted by Crippen LogP contribution is -2.54. The van der Waals surface area contributed by atoms with Crippen LogP contribution >= 0.6 is 0 Å². The summed E-state index contributed by atoms with van der Waals surface area (Å²) in [5.74, 6) is 1.61. The normalized spacial score (nSPS) is 22.2. The van der Waals surface area contributed by atoms with Crippen molar-refractivity contribution < 1.29 is 4.74 Å². The van der Waals surface area contributed by atoms with Gasteiger partial charge in [0.2, 0.25) is 0 Å². The molecule has 5 fully saturated rings. The van der Waals surface area contributed by atoms with Gasteiger partial charge in [-0.05, 0) is 156 Å². The van der Waals surface area contributed by atoms with E-state index in [4.69, 9.17) is 10.5 Å². The van der Waals surface area contributed by atoms with Crippen LogP contribution in [0.4, 0.5) is 5.82 Å². The average molecular weight is 957 g/mol. The second kappa shape index (κ2) is 29.0. The van der Waals surface area contributed by atoms with Crippen LogP contribution in [0.1, 0.15) is 137 Å². The Balaban J connectivity index is 0.000000293. The number of rotatable bonds is 7. The number of nitrogens with zero attached hydrogens (tertiary/aromatic N) is 10. The van der Waals surface area contributed by atoms with Crippen LogP contribution in [0.5, 0.6) is 0 Å². The molecule has 5 saturated heterocycles. The first-order chi connectivity index (χ1) is 31.5. The van der Waals surface area contributed by atoms with Gasteiger partial charge in [0.25, 0.3) is 0 Å². The molecular formula is C56H113N11O. The van der Waals surface area contributed by atoms with Crippen LogP contribution < -0.4 is 10.6 Å². The molecule has 6 rings (SSSR count). The van der Waals surface area contributed by atoms with Crippen molar-refractivity contribution in [1.29, 1.82) is 0 Å². The summed E-state index contributed by atoms with van der Waals surface area (Å²) in [6.45, 7) is 69.4. The molecule has 1 atom stereocenters. The molecule has 0 aliphatic carbocycles. The maximum absolute atomic E-state index is 5.75. The third kappa shape index (κ3) is 23.6. The lowest BCUT2D eigenvalue weighted by molar-refractivity contribution is 0.0491. The summed E-state index contributed by atoms with van der Waals surface area (Å²) in [4.78, 5) is 27.0. The minimum Gasteiger partial charge on any atom is -0.402 e. The maximum atomic E-state index is 5.75. The highest BCUT2D eigenvalue weighted by atomic mass is 16.5. The summed E-state index contributed by atoms with van der Waals surface area (Å²) in [5, 5.41) is 0. The molecule has 6 heterocycles. The third-order valence-corrected chi connectivity index (χ3v) is 14.8. The third-order valence-electron chi connectivity index (χ3n) is 14.8. The van der Waals surface area contributed by atoms with Crippen LogP contribution in [0.2, 0.25) is 0 Å². The molecule has 0 amide bonds. The van der Waals surface area contributed by atoms with Crippen molar-refractivity contribution in [3.8, 4) is 0 Å². The molecule has 0 bridgehead atoms. The molecular weight excluding hydrogens is 843 g/mol. The van der Waals surface area contributed by atoms with Crippen molar-refractivity contribution >= 4 is 5.82 Å². The minimum atomic E-state index is 0.272. The van der Waals surface area contributed by atoms with Crippen molar-refractivity contribution in [2.45, 2.75) is 171 Å². The number of aromatic nitrogens is 1.